The van der Waals surface area contributed by atoms with E-state index in [1.807, 2.05) is 0 Å². The SMILES string of the molecule is c1cc2c3c(c1)-n1c4ccccc4c4c(-n5c6ccccc6c6ccccc65)ccc(c41)B3c1cccc3c4cc5c6cccc7c6n(c5cc4n-2c13)-c1cccc2c1B7c1ccc(-n3c4ccccc4c4ccccc43)c3c4ccccc4n-2c13. The molecule has 4 aliphatic heterocycles. The molecule has 6 nitrogen and oxygen atoms in total. The van der Waals surface area contributed by atoms with Crippen LogP contribution in [0.25, 0.3) is 165 Å². The van der Waals surface area contributed by atoms with Crippen molar-refractivity contribution in [3.8, 4) is 34.1 Å². The van der Waals surface area contributed by atoms with Crippen LogP contribution in [-0.4, -0.2) is 40.8 Å². The lowest BCUT2D eigenvalue weighted by Crippen LogP contribution is -2.59. The van der Waals surface area contributed by atoms with Gasteiger partial charge >= 0.3 is 0 Å². The molecule has 4 aliphatic rings. The molecule has 0 aliphatic carbocycles. The topological polar surface area (TPSA) is 29.6 Å². The van der Waals surface area contributed by atoms with Crippen molar-refractivity contribution in [2.24, 2.45) is 0 Å². The monoisotopic (exact) mass is 1080 g/mol. The fourth-order valence-electron chi connectivity index (χ4n) is 18.0. The standard InChI is InChI=1S/C78H42B2N6/c1-7-27-57-43(17-1)44-18-2-8-28-58(44)81(57)63-39-37-55-77-71(63)49-21-5-11-31-61(49)83(77)65-33-15-35-67-73(65)79(55)53-25-13-23-47-51-41-52-48-24-14-26-54-76(48)86(70(52)42-69(51)85(67)75(47)53)68-36-16-34-66-74(68)80(54)56-38-40-64(72-50-22-6-12-32-62(50)84(66)78(56)72)82-59-29-9-3-19-45(59)46-20-4-10-30-60(46)82/h1-42H. The molecule has 19 aromatic rings. The van der Waals surface area contributed by atoms with Crippen molar-refractivity contribution in [3.05, 3.63) is 255 Å². The molecule has 6 aromatic heterocycles. The molecule has 0 fully saturated rings. The van der Waals surface area contributed by atoms with Gasteiger partial charge in [0.15, 0.2) is 0 Å². The number of nitrogens with zero attached hydrogens (tertiary/aromatic N) is 6. The van der Waals surface area contributed by atoms with E-state index >= 15 is 0 Å². The third-order valence-corrected chi connectivity index (χ3v) is 21.0. The summed E-state index contributed by atoms with van der Waals surface area (Å²) in [4.78, 5) is 0. The van der Waals surface area contributed by atoms with E-state index in [9.17, 15) is 0 Å². The molecular formula is C78H42B2N6. The Labute approximate surface area is 490 Å². The normalized spacial score (nSPS) is 13.5. The molecule has 0 spiro atoms. The molecule has 0 atom stereocenters. The zero-order valence-corrected chi connectivity index (χ0v) is 46.1. The second kappa shape index (κ2) is 14.8. The molecule has 13 aromatic carbocycles. The molecule has 0 N–H and O–H groups in total. The first-order chi connectivity index (χ1) is 42.8. The molecule has 390 valence electrons. The van der Waals surface area contributed by atoms with Crippen LogP contribution in [-0.2, 0) is 0 Å². The van der Waals surface area contributed by atoms with E-state index in [-0.39, 0.29) is 13.4 Å². The summed E-state index contributed by atoms with van der Waals surface area (Å²) in [5.74, 6) is 0. The van der Waals surface area contributed by atoms with Crippen LogP contribution in [0.1, 0.15) is 0 Å². The minimum Gasteiger partial charge on any atom is -0.310 e. The van der Waals surface area contributed by atoms with Crippen molar-refractivity contribution in [3.63, 3.8) is 0 Å². The summed E-state index contributed by atoms with van der Waals surface area (Å²) in [6.45, 7) is 0.0470. The number of para-hydroxylation sites is 8. The fourth-order valence-corrected chi connectivity index (χ4v) is 18.0. The van der Waals surface area contributed by atoms with Crippen molar-refractivity contribution in [1.29, 1.82) is 0 Å². The lowest BCUT2D eigenvalue weighted by molar-refractivity contribution is 1.13. The first kappa shape index (κ1) is 43.5. The first-order valence-corrected chi connectivity index (χ1v) is 30.2. The van der Waals surface area contributed by atoms with Gasteiger partial charge in [-0.25, -0.2) is 0 Å². The van der Waals surface area contributed by atoms with Crippen LogP contribution in [0.4, 0.5) is 0 Å². The van der Waals surface area contributed by atoms with Gasteiger partial charge in [0, 0.05) is 98.4 Å². The summed E-state index contributed by atoms with van der Waals surface area (Å²) in [6, 6.07) is 97.2. The second-order valence-electron chi connectivity index (χ2n) is 24.6. The molecule has 10 heterocycles. The number of benzene rings is 13. The van der Waals surface area contributed by atoms with E-state index in [1.54, 1.807) is 0 Å². The van der Waals surface area contributed by atoms with Crippen LogP contribution < -0.4 is 32.8 Å². The van der Waals surface area contributed by atoms with E-state index in [0.29, 0.717) is 0 Å². The maximum absolute atomic E-state index is 2.64. The maximum atomic E-state index is 2.64. The van der Waals surface area contributed by atoms with Crippen LogP contribution in [0, 0.1) is 0 Å². The average molecular weight is 1080 g/mol. The molecular weight excluding hydrogens is 1040 g/mol. The predicted octanol–water partition coefficient (Wildman–Crippen LogP) is 14.6. The number of hydrogen-bond acceptors (Lipinski definition) is 0. The Hall–Kier alpha value is -11.2. The van der Waals surface area contributed by atoms with E-state index in [1.165, 1.54) is 198 Å². The summed E-state index contributed by atoms with van der Waals surface area (Å²) in [6.07, 6.45) is 0. The van der Waals surface area contributed by atoms with Crippen LogP contribution in [0.3, 0.4) is 0 Å². The Bertz CT molecular complexity index is 6000. The van der Waals surface area contributed by atoms with Gasteiger partial charge in [0.2, 0.25) is 0 Å². The van der Waals surface area contributed by atoms with Crippen LogP contribution in [0.15, 0.2) is 255 Å². The van der Waals surface area contributed by atoms with Crippen molar-refractivity contribution in [2.45, 2.75) is 0 Å². The average Bonchev–Trinajstić information content (AvgIpc) is 1.49. The molecule has 8 heteroatoms. The smallest absolute Gasteiger partial charge is 0.252 e. The van der Waals surface area contributed by atoms with Gasteiger partial charge < -0.3 is 27.4 Å². The van der Waals surface area contributed by atoms with Gasteiger partial charge in [-0.2, -0.15) is 0 Å². The van der Waals surface area contributed by atoms with Crippen LogP contribution in [0.5, 0.6) is 0 Å². The van der Waals surface area contributed by atoms with E-state index in [0.717, 1.165) is 0 Å². The lowest BCUT2D eigenvalue weighted by Gasteiger charge is -2.34. The molecule has 86 heavy (non-hydrogen) atoms. The van der Waals surface area contributed by atoms with E-state index in [4.69, 9.17) is 0 Å². The second-order valence-corrected chi connectivity index (χ2v) is 24.6. The lowest BCUT2D eigenvalue weighted by atomic mass is 9.34. The van der Waals surface area contributed by atoms with Crippen molar-refractivity contribution in [1.82, 2.24) is 27.4 Å². The fraction of sp³-hybridized carbons (Fsp3) is 0. The summed E-state index contributed by atoms with van der Waals surface area (Å²) < 4.78 is 15.5. The third-order valence-electron chi connectivity index (χ3n) is 21.0. The van der Waals surface area contributed by atoms with Crippen molar-refractivity contribution in [2.75, 3.05) is 0 Å². The summed E-state index contributed by atoms with van der Waals surface area (Å²) in [5.41, 5.74) is 30.6. The number of aromatic nitrogens is 6. The highest BCUT2D eigenvalue weighted by Gasteiger charge is 2.44. The summed E-state index contributed by atoms with van der Waals surface area (Å²) >= 11 is 0. The van der Waals surface area contributed by atoms with E-state index in [2.05, 4.69) is 282 Å². The van der Waals surface area contributed by atoms with Crippen molar-refractivity contribution >= 4 is 177 Å². The maximum Gasteiger partial charge on any atom is 0.252 e. The largest absolute Gasteiger partial charge is 0.310 e. The highest BCUT2D eigenvalue weighted by atomic mass is 15.1. The summed E-state index contributed by atoms with van der Waals surface area (Å²) in [5, 5.41) is 15.4. The minimum atomic E-state index is 0.0235. The van der Waals surface area contributed by atoms with Crippen LogP contribution in [0.2, 0.25) is 0 Å². The Balaban J connectivity index is 0.782. The van der Waals surface area contributed by atoms with Crippen LogP contribution >= 0.6 is 0 Å². The molecule has 0 unspecified atom stereocenters. The van der Waals surface area contributed by atoms with Gasteiger partial charge in [-0.05, 0) is 118 Å². The number of hydrogen-bond donors (Lipinski definition) is 0. The number of fused-ring (bicyclic) bond motifs is 26. The Morgan fingerprint density at radius 1 is 0.186 bits per heavy atom. The van der Waals surface area contributed by atoms with Gasteiger partial charge in [-0.3, -0.25) is 0 Å². The van der Waals surface area contributed by atoms with E-state index < -0.39 is 0 Å². The quantitative estimate of drug-likeness (QED) is 0.154. The Morgan fingerprint density at radius 2 is 0.488 bits per heavy atom. The highest BCUT2D eigenvalue weighted by molar-refractivity contribution is 7.01. The van der Waals surface area contributed by atoms with Gasteiger partial charge in [0.05, 0.1) is 66.5 Å². The van der Waals surface area contributed by atoms with Gasteiger partial charge in [0.1, 0.15) is 0 Å². The third kappa shape index (κ3) is 4.76. The first-order valence-electron chi connectivity index (χ1n) is 30.2. The molecule has 0 saturated heterocycles. The molecule has 0 saturated carbocycles. The molecule has 0 amide bonds. The zero-order chi connectivity index (χ0) is 55.1. The molecule has 0 bridgehead atoms. The molecule has 23 rings (SSSR count). The van der Waals surface area contributed by atoms with Gasteiger partial charge in [0.25, 0.3) is 13.4 Å². The van der Waals surface area contributed by atoms with Gasteiger partial charge in [-0.1, -0.05) is 170 Å². The minimum absolute atomic E-state index is 0.0235. The molecule has 0 radical (unpaired) electrons. The highest BCUT2D eigenvalue weighted by Crippen LogP contribution is 2.47. The van der Waals surface area contributed by atoms with Crippen molar-refractivity contribution < 1.29 is 0 Å². The summed E-state index contributed by atoms with van der Waals surface area (Å²) in [7, 11) is 0. The predicted molar refractivity (Wildman–Crippen MR) is 362 cm³/mol. The Kier molecular flexibility index (Phi) is 7.46. The van der Waals surface area contributed by atoms with Gasteiger partial charge in [-0.15, -0.1) is 0 Å². The number of rotatable bonds is 2. The zero-order valence-electron chi connectivity index (χ0n) is 46.1. The Morgan fingerprint density at radius 3 is 0.872 bits per heavy atom.